The highest BCUT2D eigenvalue weighted by Crippen LogP contribution is 2.27. The number of pyridine rings is 1. The van der Waals surface area contributed by atoms with Gasteiger partial charge in [0.2, 0.25) is 11.7 Å². The SMILES string of the molecule is O=C(O)C1=C(NCCN2CCCCC2)OC(=Cc2c[nH]c3ncccc23)C1=O. The zero-order chi connectivity index (χ0) is 19.5. The smallest absolute Gasteiger partial charge is 0.345 e. The van der Waals surface area contributed by atoms with Gasteiger partial charge in [0.25, 0.3) is 0 Å². The van der Waals surface area contributed by atoms with Crippen molar-refractivity contribution < 1.29 is 19.4 Å². The lowest BCUT2D eigenvalue weighted by molar-refractivity contribution is -0.134. The summed E-state index contributed by atoms with van der Waals surface area (Å²) >= 11 is 0. The Balaban J connectivity index is 1.50. The summed E-state index contributed by atoms with van der Waals surface area (Å²) in [5.41, 5.74) is 1.04. The first-order valence-corrected chi connectivity index (χ1v) is 9.43. The molecule has 0 spiro atoms. The van der Waals surface area contributed by atoms with Crippen molar-refractivity contribution in [2.45, 2.75) is 19.3 Å². The van der Waals surface area contributed by atoms with Crippen molar-refractivity contribution in [1.82, 2.24) is 20.2 Å². The van der Waals surface area contributed by atoms with Gasteiger partial charge in [-0.1, -0.05) is 6.42 Å². The first-order valence-electron chi connectivity index (χ1n) is 9.43. The Labute approximate surface area is 161 Å². The molecule has 0 saturated carbocycles. The summed E-state index contributed by atoms with van der Waals surface area (Å²) in [5.74, 6) is -1.93. The van der Waals surface area contributed by atoms with Gasteiger partial charge in [0.15, 0.2) is 11.3 Å². The maximum Gasteiger partial charge on any atom is 0.345 e. The Morgan fingerprint density at radius 3 is 2.96 bits per heavy atom. The van der Waals surface area contributed by atoms with E-state index in [0.717, 1.165) is 25.0 Å². The van der Waals surface area contributed by atoms with Crippen LogP contribution in [0.25, 0.3) is 17.1 Å². The van der Waals surface area contributed by atoms with Gasteiger partial charge in [-0.2, -0.15) is 0 Å². The van der Waals surface area contributed by atoms with Gasteiger partial charge in [-0.05, 0) is 44.1 Å². The zero-order valence-corrected chi connectivity index (χ0v) is 15.4. The van der Waals surface area contributed by atoms with E-state index in [2.05, 4.69) is 20.2 Å². The number of carboxylic acid groups (broad SMARTS) is 1. The van der Waals surface area contributed by atoms with Gasteiger partial charge in [0.05, 0.1) is 0 Å². The number of fused-ring (bicyclic) bond motifs is 1. The van der Waals surface area contributed by atoms with E-state index in [0.29, 0.717) is 17.8 Å². The number of aromatic nitrogens is 2. The molecule has 8 heteroatoms. The van der Waals surface area contributed by atoms with Gasteiger partial charge < -0.3 is 25.0 Å². The quantitative estimate of drug-likeness (QED) is 0.517. The summed E-state index contributed by atoms with van der Waals surface area (Å²) in [6.07, 6.45) is 8.55. The van der Waals surface area contributed by atoms with Crippen LogP contribution >= 0.6 is 0 Å². The first-order chi connectivity index (χ1) is 13.6. The predicted molar refractivity (Wildman–Crippen MR) is 103 cm³/mol. The van der Waals surface area contributed by atoms with E-state index in [1.54, 1.807) is 24.5 Å². The minimum absolute atomic E-state index is 0.0115. The number of carbonyl (C=O) groups excluding carboxylic acids is 1. The molecule has 1 fully saturated rings. The highest BCUT2D eigenvalue weighted by Gasteiger charge is 2.35. The monoisotopic (exact) mass is 382 g/mol. The summed E-state index contributed by atoms with van der Waals surface area (Å²) < 4.78 is 5.61. The van der Waals surface area contributed by atoms with Crippen molar-refractivity contribution in [1.29, 1.82) is 0 Å². The number of piperidine rings is 1. The number of Topliss-reactive ketones (excluding diaryl/α,β-unsaturated/α-hetero) is 1. The fourth-order valence-corrected chi connectivity index (χ4v) is 3.60. The van der Waals surface area contributed by atoms with Crippen LogP contribution in [-0.4, -0.2) is 57.9 Å². The third kappa shape index (κ3) is 3.63. The number of H-pyrrole nitrogens is 1. The third-order valence-corrected chi connectivity index (χ3v) is 5.04. The molecular formula is C20H22N4O4. The van der Waals surface area contributed by atoms with Crippen molar-refractivity contribution in [2.75, 3.05) is 26.2 Å². The van der Waals surface area contributed by atoms with Crippen LogP contribution in [0.3, 0.4) is 0 Å². The standard InChI is InChI=1S/C20H22N4O4/c25-17-15(11-13-12-23-18-14(13)5-4-6-21-18)28-19(16(17)20(26)27)22-7-10-24-8-2-1-3-9-24/h4-6,11-12,22H,1-3,7-10H2,(H,21,23)(H,26,27). The van der Waals surface area contributed by atoms with Gasteiger partial charge in [0.1, 0.15) is 5.65 Å². The molecular weight excluding hydrogens is 360 g/mol. The molecule has 1 saturated heterocycles. The number of aliphatic carboxylic acids is 1. The van der Waals surface area contributed by atoms with Crippen molar-refractivity contribution in [3.8, 4) is 0 Å². The van der Waals surface area contributed by atoms with Crippen LogP contribution in [0.1, 0.15) is 24.8 Å². The molecule has 8 nitrogen and oxygen atoms in total. The van der Waals surface area contributed by atoms with Crippen LogP contribution in [0, 0.1) is 0 Å². The highest BCUT2D eigenvalue weighted by molar-refractivity contribution is 6.26. The fraction of sp³-hybridized carbons (Fsp3) is 0.350. The number of ether oxygens (including phenoxy) is 1. The van der Waals surface area contributed by atoms with Gasteiger partial charge in [0, 0.05) is 36.4 Å². The predicted octanol–water partition coefficient (Wildman–Crippen LogP) is 1.87. The van der Waals surface area contributed by atoms with E-state index in [4.69, 9.17) is 4.74 Å². The molecule has 2 aliphatic rings. The number of aromatic amines is 1. The normalized spacial score (nSPS) is 19.4. The van der Waals surface area contributed by atoms with Crippen molar-refractivity contribution in [3.63, 3.8) is 0 Å². The van der Waals surface area contributed by atoms with Crippen LogP contribution in [0.5, 0.6) is 0 Å². The molecule has 0 bridgehead atoms. The van der Waals surface area contributed by atoms with E-state index in [9.17, 15) is 14.7 Å². The van der Waals surface area contributed by atoms with Crippen LogP contribution in [0.15, 0.2) is 41.7 Å². The molecule has 146 valence electrons. The molecule has 2 aromatic heterocycles. The number of ketones is 1. The minimum Gasteiger partial charge on any atom is -0.477 e. The number of nitrogens with one attached hydrogen (secondary N) is 2. The van der Waals surface area contributed by atoms with Crippen LogP contribution < -0.4 is 5.32 Å². The van der Waals surface area contributed by atoms with Gasteiger partial charge in [-0.3, -0.25) is 4.79 Å². The summed E-state index contributed by atoms with van der Waals surface area (Å²) in [5, 5.41) is 13.3. The zero-order valence-electron chi connectivity index (χ0n) is 15.4. The molecule has 0 atom stereocenters. The topological polar surface area (TPSA) is 108 Å². The lowest BCUT2D eigenvalue weighted by atomic mass is 10.1. The number of hydrogen-bond acceptors (Lipinski definition) is 6. The second kappa shape index (κ2) is 7.85. The first kappa shape index (κ1) is 18.2. The number of likely N-dealkylation sites (tertiary alicyclic amines) is 1. The number of nitrogens with zero attached hydrogens (tertiary/aromatic N) is 2. The average molecular weight is 382 g/mol. The summed E-state index contributed by atoms with van der Waals surface area (Å²) in [7, 11) is 0. The lowest BCUT2D eigenvalue weighted by Gasteiger charge is -2.26. The van der Waals surface area contributed by atoms with E-state index >= 15 is 0 Å². The second-order valence-corrected chi connectivity index (χ2v) is 6.92. The number of carbonyl (C=O) groups is 2. The number of carboxylic acids is 1. The minimum atomic E-state index is -1.30. The maximum absolute atomic E-state index is 12.6. The molecule has 3 N–H and O–H groups in total. The average Bonchev–Trinajstić information content (AvgIpc) is 3.24. The molecule has 0 aromatic carbocycles. The Morgan fingerprint density at radius 1 is 1.36 bits per heavy atom. The van der Waals surface area contributed by atoms with Crippen LogP contribution in [-0.2, 0) is 14.3 Å². The molecule has 4 rings (SSSR count). The van der Waals surface area contributed by atoms with Crippen LogP contribution in [0.2, 0.25) is 0 Å². The maximum atomic E-state index is 12.6. The van der Waals surface area contributed by atoms with E-state index in [-0.39, 0.29) is 17.2 Å². The Hall–Kier alpha value is -3.13. The molecule has 0 unspecified atom stereocenters. The molecule has 4 heterocycles. The Kier molecular flexibility index (Phi) is 5.12. The van der Waals surface area contributed by atoms with Crippen LogP contribution in [0.4, 0.5) is 0 Å². The van der Waals surface area contributed by atoms with E-state index < -0.39 is 11.8 Å². The van der Waals surface area contributed by atoms with Gasteiger partial charge >= 0.3 is 5.97 Å². The molecule has 0 aliphatic carbocycles. The molecule has 2 aliphatic heterocycles. The van der Waals surface area contributed by atoms with E-state index in [1.807, 2.05) is 6.07 Å². The number of allylic oxidation sites excluding steroid dienone is 1. The molecule has 0 amide bonds. The number of rotatable bonds is 6. The summed E-state index contributed by atoms with van der Waals surface area (Å²) in [6, 6.07) is 3.66. The van der Waals surface area contributed by atoms with Gasteiger partial charge in [-0.25, -0.2) is 9.78 Å². The molecule has 2 aromatic rings. The molecule has 0 radical (unpaired) electrons. The molecule has 28 heavy (non-hydrogen) atoms. The van der Waals surface area contributed by atoms with E-state index in [1.165, 1.54) is 19.3 Å². The second-order valence-electron chi connectivity index (χ2n) is 6.92. The van der Waals surface area contributed by atoms with Gasteiger partial charge in [-0.15, -0.1) is 0 Å². The highest BCUT2D eigenvalue weighted by atomic mass is 16.5. The fourth-order valence-electron chi connectivity index (χ4n) is 3.60. The lowest BCUT2D eigenvalue weighted by Crippen LogP contribution is -2.36. The summed E-state index contributed by atoms with van der Waals surface area (Å²) in [6.45, 7) is 3.39. The largest absolute Gasteiger partial charge is 0.477 e. The Morgan fingerprint density at radius 2 is 2.18 bits per heavy atom. The summed E-state index contributed by atoms with van der Waals surface area (Å²) in [4.78, 5) is 33.7. The van der Waals surface area contributed by atoms with Crippen molar-refractivity contribution >= 4 is 28.9 Å². The van der Waals surface area contributed by atoms with Crippen molar-refractivity contribution in [2.24, 2.45) is 0 Å². The Bertz CT molecular complexity index is 969. The van der Waals surface area contributed by atoms with Crippen molar-refractivity contribution in [3.05, 3.63) is 47.3 Å². The number of hydrogen-bond donors (Lipinski definition) is 3. The third-order valence-electron chi connectivity index (χ3n) is 5.04.